The predicted octanol–water partition coefficient (Wildman–Crippen LogP) is 2.07. The van der Waals surface area contributed by atoms with E-state index in [0.717, 1.165) is 0 Å². The lowest BCUT2D eigenvalue weighted by Gasteiger charge is -2.29. The molecule has 0 aromatic rings. The van der Waals surface area contributed by atoms with Gasteiger partial charge in [0.25, 0.3) is 0 Å². The van der Waals surface area contributed by atoms with Gasteiger partial charge in [-0.1, -0.05) is 0 Å². The Kier molecular flexibility index (Phi) is 4.69. The second-order valence-electron chi connectivity index (χ2n) is 3.40. The van der Waals surface area contributed by atoms with Crippen molar-refractivity contribution >= 4 is 20.2 Å². The molecule has 0 radical (unpaired) electrons. The molecule has 21 heavy (non-hydrogen) atoms. The molecule has 0 saturated heterocycles. The molecule has 0 atom stereocenters. The van der Waals surface area contributed by atoms with Crippen LogP contribution in [-0.2, 0) is 23.9 Å². The Morgan fingerprint density at radius 2 is 1.05 bits per heavy atom. The topological polar surface area (TPSA) is 77.5 Å². The first kappa shape index (κ1) is 20.2. The van der Waals surface area contributed by atoms with E-state index in [1.165, 1.54) is 0 Å². The van der Waals surface area contributed by atoms with Crippen molar-refractivity contribution in [3.05, 3.63) is 0 Å². The molecule has 0 aromatic carbocycles. The number of hydrogen-bond donors (Lipinski definition) is 0. The van der Waals surface area contributed by atoms with Gasteiger partial charge in [-0.15, -0.1) is 3.63 Å². The molecule has 16 heteroatoms. The molecule has 0 bridgehead atoms. The third-order valence-electron chi connectivity index (χ3n) is 1.69. The Hall–Kier alpha value is -0.770. The highest BCUT2D eigenvalue weighted by atomic mass is 32.3. The maximum absolute atomic E-state index is 12.8. The van der Waals surface area contributed by atoms with Crippen molar-refractivity contribution < 1.29 is 60.0 Å². The first-order valence-corrected chi connectivity index (χ1v) is 6.93. The van der Waals surface area contributed by atoms with Crippen molar-refractivity contribution in [1.29, 1.82) is 0 Å². The van der Waals surface area contributed by atoms with Crippen molar-refractivity contribution in [2.75, 3.05) is 0 Å². The van der Waals surface area contributed by atoms with E-state index in [-0.39, 0.29) is 0 Å². The van der Waals surface area contributed by atoms with Crippen molar-refractivity contribution in [3.8, 4) is 0 Å². The smallest absolute Gasteiger partial charge is 0.200 e. The van der Waals surface area contributed by atoms with Gasteiger partial charge in [0.15, 0.2) is 0 Å². The molecule has 0 heterocycles. The number of rotatable bonds is 5. The van der Waals surface area contributed by atoms with Crippen LogP contribution in [0.1, 0.15) is 6.92 Å². The summed E-state index contributed by atoms with van der Waals surface area (Å²) in [5.74, 6) is -12.5. The summed E-state index contributed by atoms with van der Waals surface area (Å²) >= 11 is 0. The third-order valence-corrected chi connectivity index (χ3v) is 4.58. The van der Waals surface area contributed by atoms with Gasteiger partial charge in [-0.2, -0.15) is 56.3 Å². The number of hydrogen-bond acceptors (Lipinski definition) is 5. The summed E-state index contributed by atoms with van der Waals surface area (Å²) in [4.78, 5) is 0. The minimum absolute atomic E-state index is 0.866. The molecule has 0 aliphatic heterocycles. The third kappa shape index (κ3) is 3.36. The fourth-order valence-corrected chi connectivity index (χ4v) is 2.70. The van der Waals surface area contributed by atoms with E-state index in [2.05, 4.69) is 0 Å². The SMILES string of the molecule is CC(F)(F)C(F)(F)C(F)(F)S(=O)(=O)OS(=O)(=O)C(F)(F)F. The van der Waals surface area contributed by atoms with E-state index in [1.807, 2.05) is 3.63 Å². The maximum atomic E-state index is 12.8. The lowest BCUT2D eigenvalue weighted by molar-refractivity contribution is -0.272. The van der Waals surface area contributed by atoms with Crippen LogP contribution >= 0.6 is 0 Å². The second-order valence-corrected chi connectivity index (χ2v) is 6.74. The van der Waals surface area contributed by atoms with Gasteiger partial charge < -0.3 is 0 Å². The van der Waals surface area contributed by atoms with Crippen molar-refractivity contribution in [2.24, 2.45) is 0 Å². The summed E-state index contributed by atoms with van der Waals surface area (Å²) in [7, 11) is -14.9. The fraction of sp³-hybridized carbons (Fsp3) is 1.00. The molecular formula is C5H3F9O5S2. The molecule has 0 unspecified atom stereocenters. The minimum Gasteiger partial charge on any atom is -0.200 e. The Morgan fingerprint density at radius 3 is 1.29 bits per heavy atom. The number of halogens is 9. The van der Waals surface area contributed by atoms with Gasteiger partial charge in [0, 0.05) is 6.92 Å². The molecule has 5 nitrogen and oxygen atoms in total. The number of alkyl halides is 9. The molecule has 0 saturated carbocycles. The molecule has 0 amide bonds. The van der Waals surface area contributed by atoms with Gasteiger partial charge in [0.2, 0.25) is 0 Å². The van der Waals surface area contributed by atoms with Crippen LogP contribution < -0.4 is 0 Å². The zero-order valence-electron chi connectivity index (χ0n) is 9.26. The van der Waals surface area contributed by atoms with E-state index in [0.29, 0.717) is 0 Å². The van der Waals surface area contributed by atoms with Crippen LogP contribution in [0.2, 0.25) is 0 Å². The van der Waals surface area contributed by atoms with E-state index >= 15 is 0 Å². The highest BCUT2D eigenvalue weighted by Gasteiger charge is 2.77. The summed E-state index contributed by atoms with van der Waals surface area (Å²) in [6, 6.07) is 0. The second kappa shape index (κ2) is 4.87. The van der Waals surface area contributed by atoms with Crippen LogP contribution in [0.25, 0.3) is 0 Å². The first-order chi connectivity index (χ1) is 8.71. The molecule has 0 aromatic heterocycles. The fourth-order valence-electron chi connectivity index (χ4n) is 0.612. The van der Waals surface area contributed by atoms with E-state index < -0.39 is 49.8 Å². The molecule has 0 fully saturated rings. The molecule has 0 rings (SSSR count). The quantitative estimate of drug-likeness (QED) is 0.541. The van der Waals surface area contributed by atoms with Crippen LogP contribution in [0.3, 0.4) is 0 Å². The summed E-state index contributed by atoms with van der Waals surface area (Å²) < 4.78 is 154. The van der Waals surface area contributed by atoms with Crippen LogP contribution in [0.5, 0.6) is 0 Å². The normalized spacial score (nSPS) is 16.1. The Balaban J connectivity index is 5.97. The Bertz CT molecular complexity index is 595. The van der Waals surface area contributed by atoms with E-state index in [9.17, 15) is 56.3 Å². The highest BCUT2D eigenvalue weighted by Crippen LogP contribution is 2.49. The van der Waals surface area contributed by atoms with Crippen molar-refractivity contribution in [2.45, 2.75) is 29.5 Å². The van der Waals surface area contributed by atoms with Crippen LogP contribution in [-0.4, -0.2) is 39.4 Å². The lowest BCUT2D eigenvalue weighted by Crippen LogP contribution is -2.57. The van der Waals surface area contributed by atoms with Crippen molar-refractivity contribution in [3.63, 3.8) is 0 Å². The summed E-state index contributed by atoms with van der Waals surface area (Å²) in [6.07, 6.45) is 0. The van der Waals surface area contributed by atoms with Crippen LogP contribution in [0.4, 0.5) is 39.5 Å². The molecule has 0 aliphatic rings. The summed E-state index contributed by atoms with van der Waals surface area (Å²) in [6.45, 7) is -0.866. The highest BCUT2D eigenvalue weighted by molar-refractivity contribution is 8.00. The average Bonchev–Trinajstić information content (AvgIpc) is 2.11. The van der Waals surface area contributed by atoms with E-state index in [4.69, 9.17) is 0 Å². The van der Waals surface area contributed by atoms with Gasteiger partial charge in [-0.05, 0) is 0 Å². The van der Waals surface area contributed by atoms with Gasteiger partial charge in [0.1, 0.15) is 0 Å². The molecule has 0 aliphatic carbocycles. The Labute approximate surface area is 110 Å². The van der Waals surface area contributed by atoms with Gasteiger partial charge in [-0.3, -0.25) is 0 Å². The lowest BCUT2D eigenvalue weighted by atomic mass is 10.2. The minimum atomic E-state index is -7.61. The van der Waals surface area contributed by atoms with E-state index in [1.54, 1.807) is 0 Å². The molecular weight excluding hydrogens is 375 g/mol. The Morgan fingerprint density at radius 1 is 0.714 bits per heavy atom. The van der Waals surface area contributed by atoms with Gasteiger partial charge >= 0.3 is 42.8 Å². The van der Waals surface area contributed by atoms with Crippen LogP contribution in [0, 0.1) is 0 Å². The average molecular weight is 378 g/mol. The summed E-state index contributed by atoms with van der Waals surface area (Å²) in [5.41, 5.74) is -6.57. The van der Waals surface area contributed by atoms with Crippen LogP contribution in [0.15, 0.2) is 0 Å². The first-order valence-electron chi connectivity index (χ1n) is 4.11. The van der Waals surface area contributed by atoms with Gasteiger partial charge in [-0.25, -0.2) is 0 Å². The molecule has 128 valence electrons. The van der Waals surface area contributed by atoms with Crippen molar-refractivity contribution in [1.82, 2.24) is 0 Å². The van der Waals surface area contributed by atoms with Gasteiger partial charge in [0.05, 0.1) is 0 Å². The summed E-state index contributed by atoms with van der Waals surface area (Å²) in [5, 5.41) is -6.96. The predicted molar refractivity (Wildman–Crippen MR) is 45.5 cm³/mol. The maximum Gasteiger partial charge on any atom is 0.524 e. The molecule has 0 spiro atoms. The zero-order chi connectivity index (χ0) is 17.7. The standard InChI is InChI=1S/C5H3F9O5S2/c1-2(6,7)3(8,9)4(10,11)20(15,16)19-21(17,18)5(12,13)14/h1H3. The molecule has 0 N–H and O–H groups in total. The zero-order valence-corrected chi connectivity index (χ0v) is 10.9. The monoisotopic (exact) mass is 378 g/mol. The largest absolute Gasteiger partial charge is 0.524 e.